The summed E-state index contributed by atoms with van der Waals surface area (Å²) in [6.07, 6.45) is 0.750. The molecule has 0 radical (unpaired) electrons. The number of nitriles is 1. The SMILES string of the molecule is CCOC(=O)c1sc(CC(=O)/C(C#N)=C\c2cc([N+](=O)[O-])cc(OC)c2OC)c(C(=O)OCC)c1C. The number of nitrogens with zero attached hydrogens (tertiary/aromatic N) is 2. The van der Waals surface area contributed by atoms with Crippen LogP contribution in [0.25, 0.3) is 6.08 Å². The van der Waals surface area contributed by atoms with Crippen molar-refractivity contribution in [3.63, 3.8) is 0 Å². The maximum absolute atomic E-state index is 13.1. The van der Waals surface area contributed by atoms with Crippen LogP contribution in [0.3, 0.4) is 0 Å². The summed E-state index contributed by atoms with van der Waals surface area (Å²) in [5, 5.41) is 21.0. The zero-order chi connectivity index (χ0) is 27.0. The van der Waals surface area contributed by atoms with E-state index in [2.05, 4.69) is 0 Å². The molecule has 0 aliphatic carbocycles. The van der Waals surface area contributed by atoms with Gasteiger partial charge in [0.05, 0.1) is 49.6 Å². The van der Waals surface area contributed by atoms with E-state index >= 15 is 0 Å². The van der Waals surface area contributed by atoms with Gasteiger partial charge in [0, 0.05) is 22.9 Å². The van der Waals surface area contributed by atoms with Gasteiger partial charge in [-0.05, 0) is 32.4 Å². The van der Waals surface area contributed by atoms with Crippen LogP contribution in [0, 0.1) is 28.4 Å². The lowest BCUT2D eigenvalue weighted by Gasteiger charge is -2.11. The molecule has 2 rings (SSSR count). The monoisotopic (exact) mass is 516 g/mol. The summed E-state index contributed by atoms with van der Waals surface area (Å²) < 4.78 is 20.5. The number of non-ortho nitro benzene ring substituents is 1. The summed E-state index contributed by atoms with van der Waals surface area (Å²) in [5.74, 6) is -1.91. The summed E-state index contributed by atoms with van der Waals surface area (Å²) in [6.45, 7) is 5.00. The molecule has 11 nitrogen and oxygen atoms in total. The minimum atomic E-state index is -0.711. The standard InChI is InChI=1S/C24H24N2O9S/c1-6-34-23(28)20-13(3)22(24(29)35-7-2)36-19(20)11-17(27)15(12-25)8-14-9-16(26(30)31)10-18(32-4)21(14)33-5/h8-10H,6-7,11H2,1-5H3/b15-8-. The summed E-state index contributed by atoms with van der Waals surface area (Å²) in [6, 6.07) is 4.09. The number of nitro benzene ring substituents is 1. The zero-order valence-electron chi connectivity index (χ0n) is 20.3. The lowest BCUT2D eigenvalue weighted by Crippen LogP contribution is -2.12. The van der Waals surface area contributed by atoms with E-state index in [0.29, 0.717) is 5.56 Å². The Morgan fingerprint density at radius 3 is 2.28 bits per heavy atom. The summed E-state index contributed by atoms with van der Waals surface area (Å²) >= 11 is 0.904. The Morgan fingerprint density at radius 2 is 1.75 bits per heavy atom. The fourth-order valence-electron chi connectivity index (χ4n) is 3.32. The zero-order valence-corrected chi connectivity index (χ0v) is 21.1. The van der Waals surface area contributed by atoms with Crippen molar-refractivity contribution in [2.24, 2.45) is 0 Å². The predicted octanol–water partition coefficient (Wildman–Crippen LogP) is 4.05. The fourth-order valence-corrected chi connectivity index (χ4v) is 4.51. The van der Waals surface area contributed by atoms with Gasteiger partial charge in [0.1, 0.15) is 10.9 Å². The molecule has 0 saturated heterocycles. The minimum absolute atomic E-state index is 0.0419. The van der Waals surface area contributed by atoms with E-state index in [1.165, 1.54) is 14.2 Å². The molecule has 0 atom stereocenters. The number of thiophene rings is 1. The van der Waals surface area contributed by atoms with E-state index in [-0.39, 0.29) is 56.9 Å². The molecule has 36 heavy (non-hydrogen) atoms. The normalized spacial score (nSPS) is 10.8. The van der Waals surface area contributed by atoms with Crippen molar-refractivity contribution in [1.29, 1.82) is 5.26 Å². The molecule has 0 amide bonds. The number of nitro groups is 1. The van der Waals surface area contributed by atoms with Crippen LogP contribution in [0.1, 0.15) is 49.9 Å². The molecule has 1 aromatic heterocycles. The molecule has 1 heterocycles. The Hall–Kier alpha value is -4.24. The van der Waals surface area contributed by atoms with Gasteiger partial charge in [-0.1, -0.05) is 0 Å². The molecular formula is C24H24N2O9S. The number of allylic oxidation sites excluding steroid dienone is 1. The van der Waals surface area contributed by atoms with E-state index in [1.54, 1.807) is 26.8 Å². The molecule has 12 heteroatoms. The van der Waals surface area contributed by atoms with Gasteiger partial charge in [-0.15, -0.1) is 11.3 Å². The Bertz CT molecular complexity index is 1270. The Labute approximate surface area is 211 Å². The second kappa shape index (κ2) is 12.5. The fraction of sp³-hybridized carbons (Fsp3) is 0.333. The van der Waals surface area contributed by atoms with Crippen LogP contribution in [0.5, 0.6) is 11.5 Å². The number of Topliss-reactive ketones (excluding diaryl/α,β-unsaturated/α-hetero) is 1. The number of carbonyl (C=O) groups is 3. The first-order chi connectivity index (χ1) is 17.1. The number of ether oxygens (including phenoxy) is 4. The van der Waals surface area contributed by atoms with Crippen LogP contribution in [0.15, 0.2) is 17.7 Å². The first-order valence-corrected chi connectivity index (χ1v) is 11.5. The Kier molecular flexibility index (Phi) is 9.69. The van der Waals surface area contributed by atoms with Gasteiger partial charge < -0.3 is 18.9 Å². The highest BCUT2D eigenvalue weighted by molar-refractivity contribution is 7.14. The maximum Gasteiger partial charge on any atom is 0.348 e. The topological polar surface area (TPSA) is 155 Å². The van der Waals surface area contributed by atoms with Crippen molar-refractivity contribution in [1.82, 2.24) is 0 Å². The van der Waals surface area contributed by atoms with E-state index in [0.717, 1.165) is 29.5 Å². The highest BCUT2D eigenvalue weighted by Crippen LogP contribution is 2.37. The number of rotatable bonds is 11. The van der Waals surface area contributed by atoms with Crippen LogP contribution < -0.4 is 9.47 Å². The number of carbonyl (C=O) groups excluding carboxylic acids is 3. The third-order valence-electron chi connectivity index (χ3n) is 4.91. The minimum Gasteiger partial charge on any atom is -0.493 e. The average molecular weight is 517 g/mol. The summed E-state index contributed by atoms with van der Waals surface area (Å²) in [7, 11) is 2.61. The highest BCUT2D eigenvalue weighted by atomic mass is 32.1. The van der Waals surface area contributed by atoms with E-state index in [9.17, 15) is 29.8 Å². The van der Waals surface area contributed by atoms with E-state index in [1.807, 2.05) is 0 Å². The Balaban J connectivity index is 2.58. The highest BCUT2D eigenvalue weighted by Gasteiger charge is 2.28. The quantitative estimate of drug-likeness (QED) is 0.140. The van der Waals surface area contributed by atoms with Gasteiger partial charge in [0.25, 0.3) is 5.69 Å². The lowest BCUT2D eigenvalue weighted by atomic mass is 10.0. The predicted molar refractivity (Wildman–Crippen MR) is 129 cm³/mol. The molecule has 1 aromatic carbocycles. The summed E-state index contributed by atoms with van der Waals surface area (Å²) in [5.41, 5.74) is -0.235. The van der Waals surface area contributed by atoms with E-state index < -0.39 is 29.1 Å². The molecule has 0 aliphatic heterocycles. The molecule has 0 fully saturated rings. The van der Waals surface area contributed by atoms with Crippen molar-refractivity contribution in [2.75, 3.05) is 27.4 Å². The number of hydrogen-bond donors (Lipinski definition) is 0. The first-order valence-electron chi connectivity index (χ1n) is 10.6. The van der Waals surface area contributed by atoms with Crippen molar-refractivity contribution < 1.29 is 38.3 Å². The molecule has 0 spiro atoms. The van der Waals surface area contributed by atoms with E-state index in [4.69, 9.17) is 18.9 Å². The maximum atomic E-state index is 13.1. The van der Waals surface area contributed by atoms with Gasteiger partial charge in [0.15, 0.2) is 17.3 Å². The average Bonchev–Trinajstić information content (AvgIpc) is 3.17. The van der Waals surface area contributed by atoms with Gasteiger partial charge in [-0.2, -0.15) is 5.26 Å². The van der Waals surface area contributed by atoms with Crippen LogP contribution >= 0.6 is 11.3 Å². The van der Waals surface area contributed by atoms with Crippen LogP contribution in [-0.2, 0) is 20.7 Å². The van der Waals surface area contributed by atoms with Crippen molar-refractivity contribution >= 4 is 40.8 Å². The number of methoxy groups -OCH3 is 2. The molecule has 2 aromatic rings. The smallest absolute Gasteiger partial charge is 0.348 e. The molecule has 0 unspecified atom stereocenters. The first kappa shape index (κ1) is 28.0. The second-order valence-corrected chi connectivity index (χ2v) is 8.20. The Morgan fingerprint density at radius 1 is 1.11 bits per heavy atom. The van der Waals surface area contributed by atoms with Crippen LogP contribution in [0.2, 0.25) is 0 Å². The van der Waals surface area contributed by atoms with Gasteiger partial charge in [0.2, 0.25) is 0 Å². The molecule has 0 N–H and O–H groups in total. The number of benzene rings is 1. The van der Waals surface area contributed by atoms with Gasteiger partial charge in [-0.3, -0.25) is 14.9 Å². The number of ketones is 1. The molecular weight excluding hydrogens is 492 g/mol. The number of esters is 2. The largest absolute Gasteiger partial charge is 0.493 e. The van der Waals surface area contributed by atoms with Gasteiger partial charge in [-0.25, -0.2) is 9.59 Å². The lowest BCUT2D eigenvalue weighted by molar-refractivity contribution is -0.385. The third kappa shape index (κ3) is 6.05. The molecule has 190 valence electrons. The van der Waals surface area contributed by atoms with Crippen molar-refractivity contribution in [3.05, 3.63) is 54.3 Å². The third-order valence-corrected chi connectivity index (χ3v) is 6.18. The molecule has 0 bridgehead atoms. The molecule has 0 saturated carbocycles. The molecule has 0 aliphatic rings. The van der Waals surface area contributed by atoms with Crippen molar-refractivity contribution in [2.45, 2.75) is 27.2 Å². The summed E-state index contributed by atoms with van der Waals surface area (Å²) in [4.78, 5) is 49.1. The van der Waals surface area contributed by atoms with Crippen LogP contribution in [-0.4, -0.2) is 50.1 Å². The second-order valence-electron chi connectivity index (χ2n) is 7.09. The van der Waals surface area contributed by atoms with Gasteiger partial charge >= 0.3 is 11.9 Å². The van der Waals surface area contributed by atoms with Crippen molar-refractivity contribution in [3.8, 4) is 17.6 Å². The number of hydrogen-bond acceptors (Lipinski definition) is 11. The van der Waals surface area contributed by atoms with Crippen LogP contribution in [0.4, 0.5) is 5.69 Å².